The number of hydrogen-bond donors (Lipinski definition) is 0. The van der Waals surface area contributed by atoms with Gasteiger partial charge in [0.05, 0.1) is 11.0 Å². The maximum atomic E-state index is 5.51. The maximum absolute atomic E-state index is 5.51. The Bertz CT molecular complexity index is 6480. The smallest absolute Gasteiger partial charge is 0.238 e. The minimum absolute atomic E-state index is 0.355. The van der Waals surface area contributed by atoms with Crippen LogP contribution in [0.25, 0.3) is 173 Å². The standard InChI is InChI=1S/C106H78N4/c1-6-7-8-9-15-30-69-53-85(79-45-26-41-75(55-79)70-31-16-10-17-32-70)59-86(54-69)80-46-28-43-77(57-80)83-49-51-96-90(63-83)92-65-94-95-66-93-91-64-84(78-44-29-48-82(58-78)89-61-87(72-35-20-12-21-36-72)60-88(62-89)81-47-27-42-76(56-81)71-33-18-11-19-34-71)50-52-97(91)106(4,5)99(93)68-101(95)110(100(94)67-98(92)105(96,2)3)104-108-102(73-37-22-13-23-38-73)107-103(109-104)74-39-24-14-25-40-74/h6-29,31-68H,1,30H2,2-5H3/b8-7-,15-9-. The van der Waals surface area contributed by atoms with E-state index in [0.717, 1.165) is 56.0 Å². The van der Waals surface area contributed by atoms with Crippen molar-refractivity contribution in [1.29, 1.82) is 0 Å². The monoisotopic (exact) mass is 1410 g/mol. The van der Waals surface area contributed by atoms with Gasteiger partial charge in [0.15, 0.2) is 11.6 Å². The third-order valence-electron chi connectivity index (χ3n) is 22.8. The Balaban J connectivity index is 0.751. The Morgan fingerprint density at radius 2 is 0.564 bits per heavy atom. The summed E-state index contributed by atoms with van der Waals surface area (Å²) >= 11 is 0. The third kappa shape index (κ3) is 12.2. The zero-order chi connectivity index (χ0) is 74.0. The molecule has 110 heavy (non-hydrogen) atoms. The van der Waals surface area contributed by atoms with Gasteiger partial charge in [0.1, 0.15) is 0 Å². The molecule has 522 valence electrons. The van der Waals surface area contributed by atoms with Gasteiger partial charge < -0.3 is 0 Å². The molecule has 2 heterocycles. The fourth-order valence-electron chi connectivity index (χ4n) is 17.1. The van der Waals surface area contributed by atoms with E-state index in [4.69, 9.17) is 15.0 Å². The second kappa shape index (κ2) is 27.6. The van der Waals surface area contributed by atoms with Gasteiger partial charge in [0.2, 0.25) is 5.95 Å². The molecule has 0 fully saturated rings. The number of hydrogen-bond acceptors (Lipinski definition) is 3. The molecule has 0 spiro atoms. The highest BCUT2D eigenvalue weighted by Crippen LogP contribution is 2.56. The first-order valence-corrected chi connectivity index (χ1v) is 38.1. The molecule has 0 saturated carbocycles. The summed E-state index contributed by atoms with van der Waals surface area (Å²) in [6.07, 6.45) is 10.9. The summed E-state index contributed by atoms with van der Waals surface area (Å²) in [4.78, 5) is 16.2. The van der Waals surface area contributed by atoms with Crippen LogP contribution in [0.1, 0.15) is 55.5 Å². The Morgan fingerprint density at radius 1 is 0.264 bits per heavy atom. The summed E-state index contributed by atoms with van der Waals surface area (Å²) in [6.45, 7) is 13.4. The van der Waals surface area contributed by atoms with Crippen LogP contribution in [0.5, 0.6) is 0 Å². The van der Waals surface area contributed by atoms with Crippen LogP contribution in [0.3, 0.4) is 0 Å². The van der Waals surface area contributed by atoms with Gasteiger partial charge >= 0.3 is 0 Å². The van der Waals surface area contributed by atoms with Crippen molar-refractivity contribution in [3.8, 4) is 151 Å². The van der Waals surface area contributed by atoms with Crippen LogP contribution >= 0.6 is 0 Å². The summed E-state index contributed by atoms with van der Waals surface area (Å²) in [5.41, 5.74) is 35.7. The van der Waals surface area contributed by atoms with Crippen LogP contribution in [-0.4, -0.2) is 19.5 Å². The first-order valence-electron chi connectivity index (χ1n) is 38.1. The van der Waals surface area contributed by atoms with Crippen molar-refractivity contribution in [2.45, 2.75) is 44.9 Å². The number of fused-ring (bicyclic) bond motifs is 9. The van der Waals surface area contributed by atoms with E-state index in [-0.39, 0.29) is 10.8 Å². The highest BCUT2D eigenvalue weighted by molar-refractivity contribution is 6.14. The summed E-state index contributed by atoms with van der Waals surface area (Å²) < 4.78 is 2.34. The molecule has 0 aliphatic heterocycles. The highest BCUT2D eigenvalue weighted by atomic mass is 15.2. The van der Waals surface area contributed by atoms with Crippen LogP contribution in [-0.2, 0) is 17.3 Å². The minimum atomic E-state index is -0.355. The van der Waals surface area contributed by atoms with E-state index < -0.39 is 0 Å². The summed E-state index contributed by atoms with van der Waals surface area (Å²) in [5.74, 6) is 1.80. The summed E-state index contributed by atoms with van der Waals surface area (Å²) in [6, 6.07) is 127. The van der Waals surface area contributed by atoms with Gasteiger partial charge in [0.25, 0.3) is 0 Å². The fraction of sp³-hybridized carbons (Fsp3) is 0.0660. The molecular formula is C106H78N4. The second-order valence-corrected chi connectivity index (χ2v) is 30.3. The van der Waals surface area contributed by atoms with Crippen molar-refractivity contribution in [2.75, 3.05) is 0 Å². The molecule has 0 saturated heterocycles. The largest absolute Gasteiger partial charge is 0.278 e. The third-order valence-corrected chi connectivity index (χ3v) is 22.8. The van der Waals surface area contributed by atoms with E-state index in [1.807, 2.05) is 30.4 Å². The Morgan fingerprint density at radius 3 is 0.945 bits per heavy atom. The molecule has 0 unspecified atom stereocenters. The van der Waals surface area contributed by atoms with Gasteiger partial charge in [-0.3, -0.25) is 4.57 Å². The molecule has 0 radical (unpaired) electrons. The lowest BCUT2D eigenvalue weighted by atomic mass is 9.81. The molecule has 19 rings (SSSR count). The van der Waals surface area contributed by atoms with E-state index in [9.17, 15) is 0 Å². The van der Waals surface area contributed by atoms with Crippen molar-refractivity contribution in [3.63, 3.8) is 0 Å². The van der Waals surface area contributed by atoms with Gasteiger partial charge in [-0.1, -0.05) is 326 Å². The predicted molar refractivity (Wildman–Crippen MR) is 461 cm³/mol. The lowest BCUT2D eigenvalue weighted by molar-refractivity contribution is 0.660. The molecule has 0 atom stereocenters. The van der Waals surface area contributed by atoms with Crippen molar-refractivity contribution in [2.24, 2.45) is 0 Å². The summed E-state index contributed by atoms with van der Waals surface area (Å²) in [7, 11) is 0. The van der Waals surface area contributed by atoms with E-state index in [1.165, 1.54) is 134 Å². The van der Waals surface area contributed by atoms with Crippen LogP contribution < -0.4 is 0 Å². The normalized spacial score (nSPS) is 13.1. The lowest BCUT2D eigenvalue weighted by Gasteiger charge is -2.22. The number of nitrogens with zero attached hydrogens (tertiary/aromatic N) is 4. The molecule has 4 heteroatoms. The number of rotatable bonds is 16. The molecule has 0 amide bonds. The van der Waals surface area contributed by atoms with Crippen LogP contribution in [0.15, 0.2) is 383 Å². The van der Waals surface area contributed by atoms with E-state index >= 15 is 0 Å². The first-order chi connectivity index (χ1) is 53.9. The zero-order valence-electron chi connectivity index (χ0n) is 62.0. The topological polar surface area (TPSA) is 43.6 Å². The van der Waals surface area contributed by atoms with Crippen molar-refractivity contribution >= 4 is 21.8 Å². The first kappa shape index (κ1) is 67.0. The molecule has 2 aliphatic carbocycles. The molecule has 15 aromatic carbocycles. The Labute approximate surface area is 643 Å². The molecule has 0 bridgehead atoms. The average Bonchev–Trinajstić information content (AvgIpc) is 1.53. The van der Waals surface area contributed by atoms with Crippen LogP contribution in [0.2, 0.25) is 0 Å². The van der Waals surface area contributed by atoms with Crippen LogP contribution in [0.4, 0.5) is 0 Å². The van der Waals surface area contributed by atoms with Gasteiger partial charge in [0, 0.05) is 32.7 Å². The predicted octanol–water partition coefficient (Wildman–Crippen LogP) is 27.8. The van der Waals surface area contributed by atoms with Crippen molar-refractivity contribution < 1.29 is 0 Å². The fourth-order valence-corrected chi connectivity index (χ4v) is 17.1. The minimum Gasteiger partial charge on any atom is -0.278 e. The highest BCUT2D eigenvalue weighted by Gasteiger charge is 2.40. The number of benzene rings is 15. The molecular weight excluding hydrogens is 1330 g/mol. The SMILES string of the molecule is C=C/C=C\C=C/Cc1cc(-c2cccc(-c3ccccc3)c2)cc(-c2cccc(-c3ccc4c(c3)-c3cc5c6cc7c(cc6n(-c6nc(-c8ccccc8)nc(-c8ccccc8)n6)c5cc3C4(C)C)C(C)(C)c3ccc(-c4cccc(-c5cc(-c6ccccc6)cc(-c6cccc(-c8ccccc8)c6)c5)c4)cc3-7)c2)c1. The van der Waals surface area contributed by atoms with Crippen molar-refractivity contribution in [3.05, 3.63) is 411 Å². The zero-order valence-corrected chi connectivity index (χ0v) is 62.0. The van der Waals surface area contributed by atoms with Gasteiger partial charge in [-0.2, -0.15) is 9.97 Å². The van der Waals surface area contributed by atoms with Crippen molar-refractivity contribution in [1.82, 2.24) is 19.5 Å². The summed E-state index contributed by atoms with van der Waals surface area (Å²) in [5, 5.41) is 2.27. The molecule has 0 N–H and O–H groups in total. The van der Waals surface area contributed by atoms with Gasteiger partial charge in [-0.05, 0) is 242 Å². The number of allylic oxidation sites excluding steroid dienone is 5. The maximum Gasteiger partial charge on any atom is 0.238 e. The van der Waals surface area contributed by atoms with E-state index in [2.05, 4.69) is 385 Å². The Hall–Kier alpha value is -13.7. The lowest BCUT2D eigenvalue weighted by Crippen LogP contribution is -2.15. The van der Waals surface area contributed by atoms with Gasteiger partial charge in [-0.15, -0.1) is 0 Å². The average molecular weight is 1410 g/mol. The molecule has 2 aromatic heterocycles. The number of aromatic nitrogens is 4. The van der Waals surface area contributed by atoms with E-state index in [0.29, 0.717) is 17.6 Å². The molecule has 4 nitrogen and oxygen atoms in total. The molecule has 17 aromatic rings. The quantitative estimate of drug-likeness (QED) is 0.0906. The van der Waals surface area contributed by atoms with Crippen LogP contribution in [0, 0.1) is 0 Å². The molecule has 2 aliphatic rings. The Kier molecular flexibility index (Phi) is 16.8. The van der Waals surface area contributed by atoms with Gasteiger partial charge in [-0.25, -0.2) is 4.98 Å². The second-order valence-electron chi connectivity index (χ2n) is 30.3. The van der Waals surface area contributed by atoms with E-state index in [1.54, 1.807) is 0 Å².